The van der Waals surface area contributed by atoms with Crippen molar-refractivity contribution in [2.45, 2.75) is 158 Å². The summed E-state index contributed by atoms with van der Waals surface area (Å²) in [6, 6.07) is 0. The summed E-state index contributed by atoms with van der Waals surface area (Å²) in [5.74, 6) is -0.693. The fourth-order valence-electron chi connectivity index (χ4n) is 4.08. The third-order valence-electron chi connectivity index (χ3n) is 7.18. The van der Waals surface area contributed by atoms with Gasteiger partial charge in [-0.25, -0.2) is 0 Å². The molecule has 0 aliphatic heterocycles. The van der Waals surface area contributed by atoms with Crippen LogP contribution in [0.5, 0.6) is 0 Å². The zero-order chi connectivity index (χ0) is 39.0. The topological polar surface area (TPSA) is 134 Å². The first kappa shape index (κ1) is 49.9. The zero-order valence-electron chi connectivity index (χ0n) is 33.7. The number of allylic oxidation sites excluding steroid dienone is 3. The zero-order valence-corrected chi connectivity index (χ0v) is 34.8. The summed E-state index contributed by atoms with van der Waals surface area (Å²) in [5, 5.41) is 0. The molecule has 0 fully saturated rings. The largest absolute Gasteiger partial charge is 1.20 e. The van der Waals surface area contributed by atoms with E-state index in [0.29, 0.717) is 39.6 Å². The first-order chi connectivity index (χ1) is 25.1. The van der Waals surface area contributed by atoms with Crippen LogP contribution >= 0.6 is 0 Å². The lowest BCUT2D eigenvalue weighted by molar-refractivity contribution is -0.166. The van der Waals surface area contributed by atoms with Gasteiger partial charge in [-0.2, -0.15) is 0 Å². The van der Waals surface area contributed by atoms with Gasteiger partial charge < -0.3 is 39.8 Å². The van der Waals surface area contributed by atoms with Crippen LogP contribution in [0.15, 0.2) is 35.5 Å². The Bertz CT molecular complexity index is 886. The van der Waals surface area contributed by atoms with E-state index in [-0.39, 0.29) is 17.3 Å². The SMILES string of the molecule is CCCCOC(OCCCC)C(=O)/C=C(/C)[O][Al]([O]/C(C)=C\C(=O)C(OCCCC)OCCCC)[O]/C(C)=C\C(=O)C(OCCCC)OCCCC. The second-order valence-electron chi connectivity index (χ2n) is 12.5. The fourth-order valence-corrected chi connectivity index (χ4v) is 5.34. The van der Waals surface area contributed by atoms with Crippen LogP contribution in [0.2, 0.25) is 0 Å². The quantitative estimate of drug-likeness (QED) is 0.0200. The predicted molar refractivity (Wildman–Crippen MR) is 202 cm³/mol. The molecule has 0 saturated carbocycles. The molecule has 0 aromatic heterocycles. The molecule has 0 rings (SSSR count). The summed E-state index contributed by atoms with van der Waals surface area (Å²) in [7, 11) is 0. The molecular weight excluding hydrogens is 687 g/mol. The van der Waals surface area contributed by atoms with E-state index in [1.54, 1.807) is 20.8 Å². The van der Waals surface area contributed by atoms with E-state index in [9.17, 15) is 14.4 Å². The van der Waals surface area contributed by atoms with E-state index in [4.69, 9.17) is 39.8 Å². The fraction of sp³-hybridized carbons (Fsp3) is 0.769. The molecule has 0 saturated heterocycles. The monoisotopic (exact) mass is 756 g/mol. The van der Waals surface area contributed by atoms with Crippen LogP contribution in [0.1, 0.15) is 139 Å². The van der Waals surface area contributed by atoms with Crippen molar-refractivity contribution in [1.82, 2.24) is 0 Å². The van der Waals surface area contributed by atoms with Crippen LogP contribution in [0, 0.1) is 0 Å². The van der Waals surface area contributed by atoms with E-state index < -0.39 is 51.4 Å². The Balaban J connectivity index is 6.25. The van der Waals surface area contributed by atoms with Gasteiger partial charge in [0.1, 0.15) is 0 Å². The molecule has 0 aromatic rings. The maximum Gasteiger partial charge on any atom is 1.20 e. The molecule has 0 spiro atoms. The van der Waals surface area contributed by atoms with Gasteiger partial charge in [0.15, 0.2) is 0 Å². The van der Waals surface area contributed by atoms with Crippen molar-refractivity contribution in [2.75, 3.05) is 39.6 Å². The molecule has 0 radical (unpaired) electrons. The lowest BCUT2D eigenvalue weighted by Gasteiger charge is -2.20. The third kappa shape index (κ3) is 25.8. The number of rotatable bonds is 36. The highest BCUT2D eigenvalue weighted by Crippen LogP contribution is 2.15. The maximum absolute atomic E-state index is 13.2. The molecule has 0 N–H and O–H groups in total. The molecule has 0 amide bonds. The van der Waals surface area contributed by atoms with E-state index in [1.807, 2.05) is 41.5 Å². The van der Waals surface area contributed by atoms with Crippen molar-refractivity contribution in [2.24, 2.45) is 0 Å². The van der Waals surface area contributed by atoms with Gasteiger partial charge in [0, 0.05) is 18.2 Å². The van der Waals surface area contributed by atoms with Gasteiger partial charge in [0.25, 0.3) is 0 Å². The summed E-state index contributed by atoms with van der Waals surface area (Å²) in [6.45, 7) is 19.2. The van der Waals surface area contributed by atoms with Crippen LogP contribution in [0.3, 0.4) is 0 Å². The summed E-state index contributed by atoms with van der Waals surface area (Å²) in [6.07, 6.45) is 10.8. The third-order valence-corrected chi connectivity index (χ3v) is 8.88. The lowest BCUT2D eigenvalue weighted by atomic mass is 10.3. The van der Waals surface area contributed by atoms with Crippen LogP contribution in [0.25, 0.3) is 0 Å². The van der Waals surface area contributed by atoms with E-state index in [0.717, 1.165) is 77.0 Å². The van der Waals surface area contributed by atoms with Crippen LogP contribution in [-0.2, 0) is 54.2 Å². The highest BCUT2D eigenvalue weighted by Gasteiger charge is 2.45. The molecule has 0 atom stereocenters. The highest BCUT2D eigenvalue weighted by molar-refractivity contribution is 6.37. The standard InChI is InChI=1S/3C13H24O4.Al/c3*1-4-6-8-16-13(17-9-7-5-2)12(15)10-11(3)14;/h3*10,13-14H,4-9H2,1-3H3;/q;;;+3/p-3/b3*11-10-;. The van der Waals surface area contributed by atoms with Gasteiger partial charge in [-0.05, 0) is 59.3 Å². The molecule has 0 unspecified atom stereocenters. The molecule has 0 aliphatic rings. The van der Waals surface area contributed by atoms with Crippen LogP contribution in [-0.4, -0.2) is 91.0 Å². The number of carbonyl (C=O) groups is 3. The van der Waals surface area contributed by atoms with Gasteiger partial charge in [-0.3, -0.25) is 14.4 Å². The van der Waals surface area contributed by atoms with Crippen LogP contribution < -0.4 is 0 Å². The van der Waals surface area contributed by atoms with E-state index in [2.05, 4.69) is 0 Å². The first-order valence-corrected chi connectivity index (χ1v) is 20.8. The smallest absolute Gasteiger partial charge is 0.580 e. The van der Waals surface area contributed by atoms with Crippen molar-refractivity contribution in [1.29, 1.82) is 0 Å². The molecular formula is C39H69AlO12. The molecule has 12 nitrogen and oxygen atoms in total. The first-order valence-electron chi connectivity index (χ1n) is 19.4. The Hall–Kier alpha value is -2.08. The predicted octanol–water partition coefficient (Wildman–Crippen LogP) is 8.32. The minimum Gasteiger partial charge on any atom is -0.580 e. The lowest BCUT2D eigenvalue weighted by Crippen LogP contribution is -2.30. The van der Waals surface area contributed by atoms with E-state index in [1.165, 1.54) is 18.2 Å². The minimum atomic E-state index is -3.25. The Kier molecular flexibility index (Phi) is 32.2. The van der Waals surface area contributed by atoms with Crippen molar-refractivity contribution in [3.63, 3.8) is 0 Å². The molecule has 300 valence electrons. The Morgan fingerprint density at radius 3 is 0.769 bits per heavy atom. The van der Waals surface area contributed by atoms with Crippen molar-refractivity contribution in [3.05, 3.63) is 35.5 Å². The second kappa shape index (κ2) is 33.5. The number of hydrogen-bond donors (Lipinski definition) is 0. The number of ketones is 3. The minimum absolute atomic E-state index is 0.190. The molecule has 13 heteroatoms. The van der Waals surface area contributed by atoms with Gasteiger partial charge in [0.2, 0.25) is 36.2 Å². The summed E-state index contributed by atoms with van der Waals surface area (Å²) in [5.41, 5.74) is 0. The van der Waals surface area contributed by atoms with E-state index >= 15 is 0 Å². The second-order valence-corrected chi connectivity index (χ2v) is 13.7. The average molecular weight is 757 g/mol. The number of unbranched alkanes of at least 4 members (excludes halogenated alkanes) is 6. The van der Waals surface area contributed by atoms with Gasteiger partial charge >= 0.3 is 15.1 Å². The van der Waals surface area contributed by atoms with Crippen LogP contribution in [0.4, 0.5) is 0 Å². The highest BCUT2D eigenvalue weighted by atomic mass is 27.3. The van der Waals surface area contributed by atoms with Gasteiger partial charge in [0.05, 0.1) is 56.9 Å². The molecule has 0 bridgehead atoms. The average Bonchev–Trinajstić information content (AvgIpc) is 3.09. The Labute approximate surface area is 319 Å². The Morgan fingerprint density at radius 1 is 0.404 bits per heavy atom. The number of carbonyl (C=O) groups excluding carboxylic acids is 3. The van der Waals surface area contributed by atoms with Gasteiger partial charge in [-0.1, -0.05) is 80.1 Å². The van der Waals surface area contributed by atoms with Gasteiger partial charge in [-0.15, -0.1) is 0 Å². The summed E-state index contributed by atoms with van der Waals surface area (Å²) >= 11 is -3.25. The maximum atomic E-state index is 13.2. The van der Waals surface area contributed by atoms with Crippen molar-refractivity contribution >= 4 is 32.5 Å². The summed E-state index contributed by atoms with van der Waals surface area (Å²) in [4.78, 5) is 39.6. The van der Waals surface area contributed by atoms with Crippen molar-refractivity contribution < 1.29 is 54.2 Å². The Morgan fingerprint density at radius 2 is 0.596 bits per heavy atom. The number of ether oxygens (including phenoxy) is 6. The molecule has 0 aromatic carbocycles. The summed E-state index contributed by atoms with van der Waals surface area (Å²) < 4.78 is 52.6. The molecule has 0 heterocycles. The molecule has 52 heavy (non-hydrogen) atoms. The molecule has 0 aliphatic carbocycles. The normalized spacial score (nSPS) is 12.6. The number of hydrogen-bond acceptors (Lipinski definition) is 12. The van der Waals surface area contributed by atoms with Crippen molar-refractivity contribution in [3.8, 4) is 0 Å².